The van der Waals surface area contributed by atoms with Crippen molar-refractivity contribution in [3.63, 3.8) is 0 Å². The van der Waals surface area contributed by atoms with Crippen LogP contribution in [0.2, 0.25) is 0 Å². The first kappa shape index (κ1) is 23.5. The van der Waals surface area contributed by atoms with Crippen LogP contribution in [-0.2, 0) is 19.9 Å². The minimum atomic E-state index is -0.723. The number of benzene rings is 1. The lowest BCUT2D eigenvalue weighted by Gasteiger charge is -2.19. The maximum absolute atomic E-state index is 12.2. The molecule has 0 bridgehead atoms. The zero-order valence-corrected chi connectivity index (χ0v) is 18.5. The van der Waals surface area contributed by atoms with Crippen LogP contribution >= 0.6 is 11.9 Å². The fourth-order valence-corrected chi connectivity index (χ4v) is 2.69. The Balaban J connectivity index is 2.85. The van der Waals surface area contributed by atoms with Crippen molar-refractivity contribution in [1.82, 2.24) is 9.21 Å². The van der Waals surface area contributed by atoms with E-state index in [4.69, 9.17) is 4.84 Å². The third kappa shape index (κ3) is 6.88. The molecule has 0 N–H and O–H groups in total. The van der Waals surface area contributed by atoms with Crippen LogP contribution in [0.5, 0.6) is 0 Å². The van der Waals surface area contributed by atoms with Gasteiger partial charge in [-0.15, -0.1) is 0 Å². The van der Waals surface area contributed by atoms with E-state index in [9.17, 15) is 9.59 Å². The monoisotopic (exact) mass is 408 g/mol. The minimum Gasteiger partial charge on any atom is -0.399 e. The van der Waals surface area contributed by atoms with Crippen molar-refractivity contribution in [3.05, 3.63) is 29.8 Å². The molecule has 0 radical (unpaired) electrons. The Kier molecular flexibility index (Phi) is 8.49. The summed E-state index contributed by atoms with van der Waals surface area (Å²) < 4.78 is 1.29. The summed E-state index contributed by atoms with van der Waals surface area (Å²) in [5.41, 5.74) is 1.33. The van der Waals surface area contributed by atoms with Crippen molar-refractivity contribution in [2.75, 3.05) is 28.3 Å². The van der Waals surface area contributed by atoms with Gasteiger partial charge in [0.25, 0.3) is 5.91 Å². The zero-order chi connectivity index (χ0) is 21.5. The second kappa shape index (κ2) is 10.1. The minimum absolute atomic E-state index is 0.0553. The first-order chi connectivity index (χ1) is 13.0. The third-order valence-electron chi connectivity index (χ3n) is 3.61. The molecule has 28 heavy (non-hydrogen) atoms. The van der Waals surface area contributed by atoms with Gasteiger partial charge in [0.1, 0.15) is 12.8 Å². The van der Waals surface area contributed by atoms with E-state index in [0.29, 0.717) is 0 Å². The maximum Gasteiger partial charge on any atom is 0.446 e. The fraction of sp³-hybridized carbons (Fsp3) is 0.474. The topological polar surface area (TPSA) is 83.8 Å². The summed E-state index contributed by atoms with van der Waals surface area (Å²) in [7, 11) is 6.03. The highest BCUT2D eigenvalue weighted by atomic mass is 32.2. The molecule has 0 spiro atoms. The number of carbonyl (C=O) groups excluding carboxylic acids is 2. The van der Waals surface area contributed by atoms with Gasteiger partial charge in [0, 0.05) is 26.0 Å². The van der Waals surface area contributed by atoms with Crippen molar-refractivity contribution < 1.29 is 19.3 Å². The van der Waals surface area contributed by atoms with Crippen LogP contribution in [-0.4, -0.2) is 60.9 Å². The molecule has 0 aromatic heterocycles. The molecule has 1 aromatic rings. The molecule has 0 atom stereocenters. The molecular formula is C19H28N4O4S. The number of amides is 2. The number of hydrogen-bond acceptors (Lipinski definition) is 7. The Hall–Kier alpha value is -2.55. The number of carbonyl (C=O) groups is 2. The molecule has 0 saturated heterocycles. The predicted octanol–water partition coefficient (Wildman–Crippen LogP) is 3.53. The second-order valence-corrected chi connectivity index (χ2v) is 8.42. The van der Waals surface area contributed by atoms with Crippen LogP contribution in [0.1, 0.15) is 33.3 Å². The van der Waals surface area contributed by atoms with E-state index in [0.717, 1.165) is 4.90 Å². The Morgan fingerprint density at radius 2 is 1.61 bits per heavy atom. The summed E-state index contributed by atoms with van der Waals surface area (Å²) in [5, 5.41) is 7.36. The van der Waals surface area contributed by atoms with Crippen LogP contribution in [0.15, 0.2) is 39.5 Å². The molecule has 9 heteroatoms. The van der Waals surface area contributed by atoms with Crippen LogP contribution in [0.4, 0.5) is 4.79 Å². The molecule has 0 heterocycles. The van der Waals surface area contributed by atoms with Gasteiger partial charge in [0.05, 0.1) is 0 Å². The van der Waals surface area contributed by atoms with E-state index in [1.54, 1.807) is 21.1 Å². The van der Waals surface area contributed by atoms with Crippen molar-refractivity contribution in [3.8, 4) is 0 Å². The van der Waals surface area contributed by atoms with Crippen molar-refractivity contribution >= 4 is 35.4 Å². The quantitative estimate of drug-likeness (QED) is 0.311. The molecule has 1 aromatic carbocycles. The first-order valence-corrected chi connectivity index (χ1v) is 9.35. The zero-order valence-electron chi connectivity index (χ0n) is 17.6. The lowest BCUT2D eigenvalue weighted by molar-refractivity contribution is -0.121. The molecule has 1 rings (SSSR count). The van der Waals surface area contributed by atoms with Gasteiger partial charge in [0.2, 0.25) is 0 Å². The largest absolute Gasteiger partial charge is 0.446 e. The highest BCUT2D eigenvalue weighted by Crippen LogP contribution is 2.27. The van der Waals surface area contributed by atoms with Crippen molar-refractivity contribution in [1.29, 1.82) is 0 Å². The van der Waals surface area contributed by atoms with E-state index >= 15 is 0 Å². The predicted molar refractivity (Wildman–Crippen MR) is 111 cm³/mol. The molecule has 8 nitrogen and oxygen atoms in total. The summed E-state index contributed by atoms with van der Waals surface area (Å²) in [6.45, 7) is 7.95. The van der Waals surface area contributed by atoms with E-state index < -0.39 is 12.0 Å². The summed E-state index contributed by atoms with van der Waals surface area (Å²) in [5.74, 6) is -0.459. The Labute approximate surface area is 170 Å². The smallest absolute Gasteiger partial charge is 0.399 e. The van der Waals surface area contributed by atoms with Crippen LogP contribution in [0, 0.1) is 0 Å². The average Bonchev–Trinajstić information content (AvgIpc) is 2.61. The maximum atomic E-state index is 12.2. The number of rotatable bonds is 6. The molecule has 0 saturated carbocycles. The van der Waals surface area contributed by atoms with E-state index in [-0.39, 0.29) is 16.8 Å². The molecule has 0 unspecified atom stereocenters. The standard InChI is InChI=1S/C19H28N4O4S/c1-13(20-26-8)16(17(24)22(5)6)21-27-18(25)23(7)28-15-11-9-14(10-12-15)19(2,3)4/h9-12H,1-8H3/b20-13+,21-16-. The van der Waals surface area contributed by atoms with E-state index in [1.807, 2.05) is 24.3 Å². The third-order valence-corrected chi connectivity index (χ3v) is 4.52. The summed E-state index contributed by atoms with van der Waals surface area (Å²) in [6.07, 6.45) is -0.723. The number of hydrogen-bond donors (Lipinski definition) is 0. The molecule has 0 fully saturated rings. The van der Waals surface area contributed by atoms with E-state index in [1.165, 1.54) is 40.8 Å². The average molecular weight is 409 g/mol. The lowest BCUT2D eigenvalue weighted by Crippen LogP contribution is -2.35. The highest BCUT2D eigenvalue weighted by molar-refractivity contribution is 7.97. The molecule has 0 aliphatic carbocycles. The summed E-state index contributed by atoms with van der Waals surface area (Å²) in [6, 6.07) is 7.93. The van der Waals surface area contributed by atoms with Gasteiger partial charge >= 0.3 is 6.09 Å². The van der Waals surface area contributed by atoms with Crippen molar-refractivity contribution in [2.45, 2.75) is 38.0 Å². The van der Waals surface area contributed by atoms with Gasteiger partial charge in [0.15, 0.2) is 5.71 Å². The molecule has 154 valence electrons. The Bertz CT molecular complexity index is 752. The normalized spacial score (nSPS) is 12.4. The van der Waals surface area contributed by atoms with E-state index in [2.05, 4.69) is 35.9 Å². The molecular weight excluding hydrogens is 380 g/mol. The van der Waals surface area contributed by atoms with Crippen molar-refractivity contribution in [2.24, 2.45) is 10.3 Å². The van der Waals surface area contributed by atoms with Crippen LogP contribution < -0.4 is 0 Å². The SMILES string of the molecule is CO/N=C(C)/C(=N/OC(=O)N(C)Sc1ccc(C(C)(C)C)cc1)C(=O)N(C)C. The molecule has 0 aliphatic rings. The second-order valence-electron chi connectivity index (χ2n) is 7.22. The van der Waals surface area contributed by atoms with Gasteiger partial charge in [-0.25, -0.2) is 9.10 Å². The number of nitrogens with zero attached hydrogens (tertiary/aromatic N) is 4. The van der Waals surface area contributed by atoms with Gasteiger partial charge in [-0.1, -0.05) is 43.2 Å². The fourth-order valence-electron chi connectivity index (χ4n) is 2.01. The lowest BCUT2D eigenvalue weighted by atomic mass is 9.87. The summed E-state index contributed by atoms with van der Waals surface area (Å²) in [4.78, 5) is 36.2. The van der Waals surface area contributed by atoms with Gasteiger partial charge in [-0.3, -0.25) is 9.63 Å². The van der Waals surface area contributed by atoms with Gasteiger partial charge in [-0.2, -0.15) is 0 Å². The Morgan fingerprint density at radius 3 is 2.07 bits per heavy atom. The molecule has 0 aliphatic heterocycles. The first-order valence-electron chi connectivity index (χ1n) is 8.58. The Morgan fingerprint density at radius 1 is 1.04 bits per heavy atom. The number of oxime groups is 2. The summed E-state index contributed by atoms with van der Waals surface area (Å²) >= 11 is 1.20. The van der Waals surface area contributed by atoms with Crippen LogP contribution in [0.25, 0.3) is 0 Å². The van der Waals surface area contributed by atoms with Crippen LogP contribution in [0.3, 0.4) is 0 Å². The van der Waals surface area contributed by atoms with Gasteiger partial charge < -0.3 is 9.74 Å². The molecule has 2 amide bonds. The van der Waals surface area contributed by atoms with Gasteiger partial charge in [-0.05, 0) is 42.0 Å². The highest BCUT2D eigenvalue weighted by Gasteiger charge is 2.21.